The highest BCUT2D eigenvalue weighted by atomic mass is 127. The molecule has 0 unspecified atom stereocenters. The summed E-state index contributed by atoms with van der Waals surface area (Å²) in [6, 6.07) is 14.7. The van der Waals surface area contributed by atoms with Crippen molar-refractivity contribution in [3.63, 3.8) is 0 Å². The summed E-state index contributed by atoms with van der Waals surface area (Å²) in [6.07, 6.45) is 0. The Morgan fingerprint density at radius 3 is 2.30 bits per heavy atom. The van der Waals surface area contributed by atoms with E-state index in [0.717, 1.165) is 11.1 Å². The van der Waals surface area contributed by atoms with E-state index in [1.807, 2.05) is 36.4 Å². The lowest BCUT2D eigenvalue weighted by Gasteiger charge is -2.07. The third-order valence-corrected chi connectivity index (χ3v) is 4.11. The molecule has 0 aromatic heterocycles. The molecule has 4 nitrogen and oxygen atoms in total. The van der Waals surface area contributed by atoms with Gasteiger partial charge in [-0.1, -0.05) is 36.4 Å². The maximum absolute atomic E-state index is 12.0. The highest BCUT2D eigenvalue weighted by Gasteiger charge is 2.14. The molecule has 0 saturated carbocycles. The van der Waals surface area contributed by atoms with Crippen LogP contribution in [0.2, 0.25) is 0 Å². The van der Waals surface area contributed by atoms with Crippen molar-refractivity contribution in [3.05, 3.63) is 57.7 Å². The zero-order chi connectivity index (χ0) is 14.5. The van der Waals surface area contributed by atoms with E-state index < -0.39 is 33.0 Å². The van der Waals surface area contributed by atoms with Gasteiger partial charge in [-0.2, -0.15) is 0 Å². The van der Waals surface area contributed by atoms with Gasteiger partial charge in [-0.05, 0) is 23.3 Å². The fraction of sp³-hybridized carbons (Fsp3) is 0.0667. The minimum Gasteiger partial charge on any atom is -0.293 e. The molecule has 2 aromatic rings. The second-order valence-electron chi connectivity index (χ2n) is 4.15. The van der Waals surface area contributed by atoms with Gasteiger partial charge in [0, 0.05) is 6.92 Å². The van der Waals surface area contributed by atoms with Crippen LogP contribution in [0.25, 0.3) is 11.1 Å². The van der Waals surface area contributed by atoms with E-state index in [-0.39, 0.29) is 0 Å². The van der Waals surface area contributed by atoms with Crippen molar-refractivity contribution < 1.29 is 12.7 Å². The van der Waals surface area contributed by atoms with E-state index >= 15 is 0 Å². The molecule has 0 fully saturated rings. The summed E-state index contributed by atoms with van der Waals surface area (Å²) in [5.74, 6) is -0.948. The molecule has 0 spiro atoms. The number of halogens is 1. The van der Waals surface area contributed by atoms with Crippen molar-refractivity contribution in [1.29, 1.82) is 0 Å². The van der Waals surface area contributed by atoms with Crippen LogP contribution in [0.1, 0.15) is 17.3 Å². The van der Waals surface area contributed by atoms with E-state index in [9.17, 15) is 12.7 Å². The van der Waals surface area contributed by atoms with Crippen LogP contribution >= 0.6 is 21.2 Å². The molecule has 0 bridgehead atoms. The lowest BCUT2D eigenvalue weighted by atomic mass is 10.0. The van der Waals surface area contributed by atoms with Crippen molar-refractivity contribution in [3.8, 4) is 11.1 Å². The minimum atomic E-state index is -1.48. The standard InChI is InChI=1S/C15H12INO3/c1-10(18)17-15(19)13-9-12(7-8-14(13)16-20)11-5-3-2-4-6-11/h2-9H,1H3,(H,17,18,19). The summed E-state index contributed by atoms with van der Waals surface area (Å²) in [7, 11) is 0. The van der Waals surface area contributed by atoms with Gasteiger partial charge in [-0.15, -0.1) is 0 Å². The first-order valence-corrected chi connectivity index (χ1v) is 7.86. The Hall–Kier alpha value is -1.89. The third kappa shape index (κ3) is 3.36. The van der Waals surface area contributed by atoms with Crippen molar-refractivity contribution >= 4 is 33.0 Å². The number of hydrogen-bond donors (Lipinski definition) is 1. The fourth-order valence-electron chi connectivity index (χ4n) is 1.80. The van der Waals surface area contributed by atoms with Crippen molar-refractivity contribution in [2.75, 3.05) is 0 Å². The zero-order valence-corrected chi connectivity index (χ0v) is 12.9. The Bertz CT molecular complexity index is 668. The molecule has 0 radical (unpaired) electrons. The lowest BCUT2D eigenvalue weighted by Crippen LogP contribution is -2.28. The SMILES string of the molecule is CC(=O)NC(=O)c1cc(-c2ccccc2)ccc1I=O. The molecule has 5 heteroatoms. The molecule has 2 amide bonds. The average Bonchev–Trinajstić information content (AvgIpc) is 2.46. The van der Waals surface area contributed by atoms with Gasteiger partial charge in [0.2, 0.25) is 5.91 Å². The van der Waals surface area contributed by atoms with Crippen LogP contribution in [0.4, 0.5) is 0 Å². The molecular weight excluding hydrogens is 369 g/mol. The molecule has 0 saturated heterocycles. The van der Waals surface area contributed by atoms with Crippen LogP contribution in [0.15, 0.2) is 48.5 Å². The minimum absolute atomic E-state index is 0.296. The Morgan fingerprint density at radius 1 is 1.00 bits per heavy atom. The monoisotopic (exact) mass is 381 g/mol. The van der Waals surface area contributed by atoms with Gasteiger partial charge in [0.15, 0.2) is 21.2 Å². The van der Waals surface area contributed by atoms with Gasteiger partial charge in [0.05, 0.1) is 9.13 Å². The Kier molecular flexibility index (Phi) is 4.73. The van der Waals surface area contributed by atoms with Crippen molar-refractivity contribution in [1.82, 2.24) is 5.32 Å². The average molecular weight is 381 g/mol. The molecule has 20 heavy (non-hydrogen) atoms. The van der Waals surface area contributed by atoms with E-state index in [4.69, 9.17) is 0 Å². The van der Waals surface area contributed by atoms with Crippen molar-refractivity contribution in [2.24, 2.45) is 0 Å². The number of hydrogen-bond acceptors (Lipinski definition) is 3. The number of carbonyl (C=O) groups is 2. The summed E-state index contributed by atoms with van der Waals surface area (Å²) >= 11 is -1.48. The van der Waals surface area contributed by atoms with E-state index in [0.29, 0.717) is 9.13 Å². The van der Waals surface area contributed by atoms with Gasteiger partial charge in [0.1, 0.15) is 0 Å². The zero-order valence-electron chi connectivity index (χ0n) is 10.7. The third-order valence-electron chi connectivity index (χ3n) is 2.69. The molecular formula is C15H12INO3. The molecule has 0 aliphatic heterocycles. The van der Waals surface area contributed by atoms with Crippen LogP contribution in [0, 0.1) is 3.57 Å². The topological polar surface area (TPSA) is 63.2 Å². The maximum Gasteiger partial charge on any atom is 0.259 e. The summed E-state index contributed by atoms with van der Waals surface area (Å²) in [5.41, 5.74) is 2.10. The number of benzene rings is 2. The quantitative estimate of drug-likeness (QED) is 0.832. The first kappa shape index (κ1) is 14.5. The van der Waals surface area contributed by atoms with Gasteiger partial charge < -0.3 is 0 Å². The molecule has 1 N–H and O–H groups in total. The predicted molar refractivity (Wildman–Crippen MR) is 83.4 cm³/mol. The fourth-order valence-corrected chi connectivity index (χ4v) is 2.77. The smallest absolute Gasteiger partial charge is 0.259 e. The lowest BCUT2D eigenvalue weighted by molar-refractivity contribution is -0.118. The van der Waals surface area contributed by atoms with Crippen LogP contribution < -0.4 is 5.32 Å². The van der Waals surface area contributed by atoms with Gasteiger partial charge in [-0.25, -0.2) is 0 Å². The first-order valence-electron chi connectivity index (χ1n) is 5.90. The Balaban J connectivity index is 2.47. The highest BCUT2D eigenvalue weighted by Crippen LogP contribution is 2.24. The number of imide groups is 1. The molecule has 0 aliphatic carbocycles. The second-order valence-corrected chi connectivity index (χ2v) is 5.75. The molecule has 0 atom stereocenters. The number of carbonyl (C=O) groups excluding carboxylic acids is 2. The molecule has 102 valence electrons. The highest BCUT2D eigenvalue weighted by molar-refractivity contribution is 14.1. The summed E-state index contributed by atoms with van der Waals surface area (Å²) < 4.78 is 11.7. The van der Waals surface area contributed by atoms with E-state index in [2.05, 4.69) is 5.32 Å². The van der Waals surface area contributed by atoms with E-state index in [1.165, 1.54) is 6.92 Å². The Morgan fingerprint density at radius 2 is 1.70 bits per heavy atom. The van der Waals surface area contributed by atoms with Crippen molar-refractivity contribution in [2.45, 2.75) is 6.92 Å². The second kappa shape index (κ2) is 6.51. The molecule has 0 aliphatic rings. The van der Waals surface area contributed by atoms with Gasteiger partial charge in [0.25, 0.3) is 5.91 Å². The predicted octanol–water partition coefficient (Wildman–Crippen LogP) is 3.12. The number of nitrogens with one attached hydrogen (secondary N) is 1. The largest absolute Gasteiger partial charge is 0.293 e. The normalized spacial score (nSPS) is 10.1. The summed E-state index contributed by atoms with van der Waals surface area (Å²) in [4.78, 5) is 22.9. The van der Waals surface area contributed by atoms with E-state index in [1.54, 1.807) is 12.1 Å². The molecule has 2 aromatic carbocycles. The van der Waals surface area contributed by atoms with Gasteiger partial charge in [-0.3, -0.25) is 18.0 Å². The Labute approximate surface area is 126 Å². The number of amides is 2. The first-order chi connectivity index (χ1) is 9.61. The van der Waals surface area contributed by atoms with Crippen LogP contribution in [0.5, 0.6) is 0 Å². The van der Waals surface area contributed by atoms with Crippen LogP contribution in [-0.4, -0.2) is 11.8 Å². The molecule has 0 heterocycles. The number of rotatable bonds is 3. The van der Waals surface area contributed by atoms with Crippen LogP contribution in [0.3, 0.4) is 0 Å². The summed E-state index contributed by atoms with van der Waals surface area (Å²) in [6.45, 7) is 1.27. The maximum atomic E-state index is 12.0. The molecule has 2 rings (SSSR count). The summed E-state index contributed by atoms with van der Waals surface area (Å²) in [5, 5.41) is 2.21. The van der Waals surface area contributed by atoms with Gasteiger partial charge >= 0.3 is 0 Å². The van der Waals surface area contributed by atoms with Crippen LogP contribution in [-0.2, 0) is 7.86 Å².